The van der Waals surface area contributed by atoms with Crippen LogP contribution in [0.25, 0.3) is 0 Å². The van der Waals surface area contributed by atoms with Crippen molar-refractivity contribution in [3.63, 3.8) is 0 Å². The number of rotatable bonds is 5. The zero-order valence-corrected chi connectivity index (χ0v) is 11.9. The van der Waals surface area contributed by atoms with Gasteiger partial charge in [-0.3, -0.25) is 4.90 Å². The summed E-state index contributed by atoms with van der Waals surface area (Å²) in [5.41, 5.74) is 1.19. The van der Waals surface area contributed by atoms with Crippen LogP contribution in [0.5, 0.6) is 0 Å². The van der Waals surface area contributed by atoms with E-state index in [1.807, 2.05) is 0 Å². The van der Waals surface area contributed by atoms with E-state index < -0.39 is 0 Å². The first-order valence-electron chi connectivity index (χ1n) is 7.03. The summed E-state index contributed by atoms with van der Waals surface area (Å²) in [6.07, 6.45) is 1.07. The first kappa shape index (κ1) is 14.3. The molecule has 19 heavy (non-hydrogen) atoms. The first-order valence-corrected chi connectivity index (χ1v) is 7.03. The molecule has 2 N–H and O–H groups in total. The van der Waals surface area contributed by atoms with Crippen molar-refractivity contribution in [3.8, 4) is 0 Å². The molecule has 106 valence electrons. The molecule has 0 atom stereocenters. The minimum Gasteiger partial charge on any atom is -0.385 e. The molecule has 0 bridgehead atoms. The van der Waals surface area contributed by atoms with Crippen LogP contribution in [0.15, 0.2) is 24.3 Å². The Bertz CT molecular complexity index is 383. The summed E-state index contributed by atoms with van der Waals surface area (Å²) in [5, 5.41) is 6.74. The molecule has 1 aliphatic heterocycles. The fourth-order valence-corrected chi connectivity index (χ4v) is 2.51. The summed E-state index contributed by atoms with van der Waals surface area (Å²) in [4.78, 5) is 2.54. The van der Waals surface area contributed by atoms with Crippen LogP contribution in [0.3, 0.4) is 0 Å². The van der Waals surface area contributed by atoms with E-state index >= 15 is 0 Å². The summed E-state index contributed by atoms with van der Waals surface area (Å²) in [6.45, 7) is 9.88. The molecule has 0 aliphatic carbocycles. The topological polar surface area (TPSA) is 27.3 Å². The Morgan fingerprint density at radius 2 is 1.84 bits per heavy atom. The van der Waals surface area contributed by atoms with Crippen molar-refractivity contribution in [3.05, 3.63) is 30.1 Å². The van der Waals surface area contributed by atoms with Gasteiger partial charge in [0.05, 0.1) is 0 Å². The average Bonchev–Trinajstić information content (AvgIpc) is 2.42. The molecule has 0 aromatic heterocycles. The van der Waals surface area contributed by atoms with E-state index in [4.69, 9.17) is 0 Å². The molecule has 2 rings (SSSR count). The fraction of sp³-hybridized carbons (Fsp3) is 0.600. The first-order chi connectivity index (χ1) is 9.08. The quantitative estimate of drug-likeness (QED) is 0.855. The highest BCUT2D eigenvalue weighted by Gasteiger charge is 2.27. The Hall–Kier alpha value is -1.13. The van der Waals surface area contributed by atoms with E-state index in [9.17, 15) is 4.39 Å². The van der Waals surface area contributed by atoms with Gasteiger partial charge in [-0.05, 0) is 44.5 Å². The fourth-order valence-electron chi connectivity index (χ4n) is 2.51. The number of benzene rings is 1. The molecule has 3 nitrogen and oxygen atoms in total. The molecule has 0 amide bonds. The zero-order chi connectivity index (χ0) is 13.7. The number of piperazine rings is 1. The standard InChI is InChI=1S/C15H24FN3/c1-15(2,19-11-9-17-10-12-19)7-8-18-14-5-3-13(16)4-6-14/h3-6,17-18H,7-12H2,1-2H3. The van der Waals surface area contributed by atoms with Crippen LogP contribution in [0.2, 0.25) is 0 Å². The third kappa shape index (κ3) is 4.18. The summed E-state index contributed by atoms with van der Waals surface area (Å²) >= 11 is 0. The molecule has 1 fully saturated rings. The van der Waals surface area contributed by atoms with Crippen molar-refractivity contribution in [1.82, 2.24) is 10.2 Å². The number of halogens is 1. The maximum Gasteiger partial charge on any atom is 0.123 e. The van der Waals surface area contributed by atoms with Crippen LogP contribution in [0.1, 0.15) is 20.3 Å². The van der Waals surface area contributed by atoms with E-state index in [-0.39, 0.29) is 11.4 Å². The third-order valence-electron chi connectivity index (χ3n) is 3.88. The van der Waals surface area contributed by atoms with Gasteiger partial charge in [0.25, 0.3) is 0 Å². The van der Waals surface area contributed by atoms with Crippen LogP contribution in [-0.2, 0) is 0 Å². The van der Waals surface area contributed by atoms with Gasteiger partial charge in [-0.25, -0.2) is 4.39 Å². The summed E-state index contributed by atoms with van der Waals surface area (Å²) in [5.74, 6) is -0.188. The van der Waals surface area contributed by atoms with Crippen molar-refractivity contribution in [2.24, 2.45) is 0 Å². The van der Waals surface area contributed by atoms with Crippen molar-refractivity contribution in [1.29, 1.82) is 0 Å². The lowest BCUT2D eigenvalue weighted by Crippen LogP contribution is -2.53. The molecule has 0 spiro atoms. The molecule has 1 aliphatic rings. The number of anilines is 1. The van der Waals surface area contributed by atoms with Gasteiger partial charge in [0, 0.05) is 44.0 Å². The smallest absolute Gasteiger partial charge is 0.123 e. The van der Waals surface area contributed by atoms with Gasteiger partial charge in [-0.1, -0.05) is 0 Å². The van der Waals surface area contributed by atoms with Crippen molar-refractivity contribution in [2.75, 3.05) is 38.0 Å². The van der Waals surface area contributed by atoms with Crippen molar-refractivity contribution in [2.45, 2.75) is 25.8 Å². The predicted octanol–water partition coefficient (Wildman–Crippen LogP) is 2.31. The van der Waals surface area contributed by atoms with Gasteiger partial charge in [-0.15, -0.1) is 0 Å². The minimum absolute atomic E-state index is 0.188. The van der Waals surface area contributed by atoms with Crippen LogP contribution >= 0.6 is 0 Å². The minimum atomic E-state index is -0.188. The molecule has 0 unspecified atom stereocenters. The highest BCUT2D eigenvalue weighted by Crippen LogP contribution is 2.19. The molecule has 0 saturated carbocycles. The second-order valence-electron chi connectivity index (χ2n) is 5.73. The number of hydrogen-bond donors (Lipinski definition) is 2. The molecule has 1 aromatic rings. The Labute approximate surface area is 115 Å². The summed E-state index contributed by atoms with van der Waals surface area (Å²) < 4.78 is 12.8. The normalized spacial score (nSPS) is 17.4. The lowest BCUT2D eigenvalue weighted by molar-refractivity contribution is 0.0987. The highest BCUT2D eigenvalue weighted by atomic mass is 19.1. The SMILES string of the molecule is CC(C)(CCNc1ccc(F)cc1)N1CCNCC1. The molecular formula is C15H24FN3. The van der Waals surface area contributed by atoms with Gasteiger partial charge in [0.2, 0.25) is 0 Å². The molecule has 1 heterocycles. The van der Waals surface area contributed by atoms with E-state index in [1.54, 1.807) is 12.1 Å². The zero-order valence-electron chi connectivity index (χ0n) is 11.9. The van der Waals surface area contributed by atoms with E-state index in [1.165, 1.54) is 12.1 Å². The molecule has 0 radical (unpaired) electrons. The van der Waals surface area contributed by atoms with E-state index in [0.29, 0.717) is 0 Å². The second kappa shape index (κ2) is 6.35. The van der Waals surface area contributed by atoms with Crippen LogP contribution in [-0.4, -0.2) is 43.2 Å². The summed E-state index contributed by atoms with van der Waals surface area (Å²) in [6, 6.07) is 6.55. The number of nitrogens with zero attached hydrogens (tertiary/aromatic N) is 1. The highest BCUT2D eigenvalue weighted by molar-refractivity contribution is 5.42. The lowest BCUT2D eigenvalue weighted by Gasteiger charge is -2.41. The van der Waals surface area contributed by atoms with E-state index in [2.05, 4.69) is 29.4 Å². The van der Waals surface area contributed by atoms with E-state index in [0.717, 1.165) is 44.8 Å². The second-order valence-corrected chi connectivity index (χ2v) is 5.73. The lowest BCUT2D eigenvalue weighted by atomic mass is 9.97. The third-order valence-corrected chi connectivity index (χ3v) is 3.88. The van der Waals surface area contributed by atoms with Crippen molar-refractivity contribution < 1.29 is 4.39 Å². The van der Waals surface area contributed by atoms with Crippen LogP contribution < -0.4 is 10.6 Å². The van der Waals surface area contributed by atoms with Gasteiger partial charge in [-0.2, -0.15) is 0 Å². The largest absolute Gasteiger partial charge is 0.385 e. The summed E-state index contributed by atoms with van der Waals surface area (Å²) in [7, 11) is 0. The Kier molecular flexibility index (Phi) is 4.77. The molecule has 1 aromatic carbocycles. The molecule has 4 heteroatoms. The van der Waals surface area contributed by atoms with Gasteiger partial charge < -0.3 is 10.6 Å². The van der Waals surface area contributed by atoms with Crippen molar-refractivity contribution >= 4 is 5.69 Å². The van der Waals surface area contributed by atoms with Gasteiger partial charge in [0.1, 0.15) is 5.82 Å². The molecule has 1 saturated heterocycles. The number of nitrogens with one attached hydrogen (secondary N) is 2. The number of hydrogen-bond acceptors (Lipinski definition) is 3. The van der Waals surface area contributed by atoms with Gasteiger partial charge in [0.15, 0.2) is 0 Å². The Morgan fingerprint density at radius 1 is 1.21 bits per heavy atom. The average molecular weight is 265 g/mol. The Morgan fingerprint density at radius 3 is 2.47 bits per heavy atom. The van der Waals surface area contributed by atoms with Gasteiger partial charge >= 0.3 is 0 Å². The molecular weight excluding hydrogens is 241 g/mol. The predicted molar refractivity (Wildman–Crippen MR) is 78.0 cm³/mol. The Balaban J connectivity index is 1.78. The maximum atomic E-state index is 12.8. The monoisotopic (exact) mass is 265 g/mol. The maximum absolute atomic E-state index is 12.8. The van der Waals surface area contributed by atoms with Crippen LogP contribution in [0, 0.1) is 5.82 Å². The van der Waals surface area contributed by atoms with Crippen LogP contribution in [0.4, 0.5) is 10.1 Å².